The number of nitrogens with one attached hydrogen (secondary N) is 1. The van der Waals surface area contributed by atoms with Crippen LogP contribution in [0.1, 0.15) is 35.0 Å². The molecule has 0 radical (unpaired) electrons. The van der Waals surface area contributed by atoms with Crippen LogP contribution in [0.15, 0.2) is 47.8 Å². The van der Waals surface area contributed by atoms with Gasteiger partial charge in [0, 0.05) is 13.1 Å². The summed E-state index contributed by atoms with van der Waals surface area (Å²) in [5.41, 5.74) is 0.934. The van der Waals surface area contributed by atoms with E-state index in [1.807, 2.05) is 41.8 Å². The first-order valence-electron chi connectivity index (χ1n) is 10.3. The molecular formula is C23H26N2O5S. The number of amides is 2. The standard InChI is InChI=1S/C23H26N2O5S/c1-16(26)19(14-17-6-3-2-4-7-17)24-21(27)15-30-23(29)18-9-11-25(12-10-18)22(28)20-8-5-13-31-20/h2-8,13,18-19H,9-12,14-15H2,1H3,(H,24,27). The van der Waals surface area contributed by atoms with E-state index in [-0.39, 0.29) is 17.6 Å². The van der Waals surface area contributed by atoms with Crippen molar-refractivity contribution in [3.05, 3.63) is 58.3 Å². The predicted molar refractivity (Wildman–Crippen MR) is 117 cm³/mol. The fourth-order valence-electron chi connectivity index (χ4n) is 3.51. The van der Waals surface area contributed by atoms with Crippen molar-refractivity contribution >= 4 is 34.9 Å². The number of thiophene rings is 1. The van der Waals surface area contributed by atoms with Crippen LogP contribution in [0, 0.1) is 5.92 Å². The number of benzene rings is 1. The third-order valence-electron chi connectivity index (χ3n) is 5.30. The summed E-state index contributed by atoms with van der Waals surface area (Å²) in [6.45, 7) is 1.95. The number of Topliss-reactive ketones (excluding diaryl/α,β-unsaturated/α-hetero) is 1. The van der Waals surface area contributed by atoms with Gasteiger partial charge in [0.1, 0.15) is 0 Å². The Kier molecular flexibility index (Phi) is 7.94. The molecule has 2 aromatic rings. The molecule has 1 aliphatic heterocycles. The number of esters is 1. The number of carbonyl (C=O) groups excluding carboxylic acids is 4. The summed E-state index contributed by atoms with van der Waals surface area (Å²) in [6, 6.07) is 12.4. The summed E-state index contributed by atoms with van der Waals surface area (Å²) in [6.07, 6.45) is 1.38. The van der Waals surface area contributed by atoms with Gasteiger partial charge in [-0.2, -0.15) is 0 Å². The van der Waals surface area contributed by atoms with Crippen LogP contribution >= 0.6 is 11.3 Å². The maximum absolute atomic E-state index is 12.4. The van der Waals surface area contributed by atoms with Gasteiger partial charge in [-0.15, -0.1) is 11.3 Å². The predicted octanol–water partition coefficient (Wildman–Crippen LogP) is 2.46. The molecule has 1 aromatic carbocycles. The zero-order chi connectivity index (χ0) is 22.2. The van der Waals surface area contributed by atoms with Crippen LogP contribution in [0.5, 0.6) is 0 Å². The Labute approximate surface area is 185 Å². The molecule has 1 unspecified atom stereocenters. The van der Waals surface area contributed by atoms with Crippen molar-refractivity contribution in [2.24, 2.45) is 5.92 Å². The van der Waals surface area contributed by atoms with Crippen LogP contribution < -0.4 is 5.32 Å². The normalized spacial score (nSPS) is 15.2. The third kappa shape index (κ3) is 6.49. The Balaban J connectivity index is 1.42. The van der Waals surface area contributed by atoms with E-state index in [0.29, 0.717) is 37.2 Å². The molecular weight excluding hydrogens is 416 g/mol. The summed E-state index contributed by atoms with van der Waals surface area (Å²) >= 11 is 1.40. The number of hydrogen-bond acceptors (Lipinski definition) is 6. The number of piperidine rings is 1. The van der Waals surface area contributed by atoms with Crippen LogP contribution in [0.3, 0.4) is 0 Å². The highest BCUT2D eigenvalue weighted by Crippen LogP contribution is 2.21. The van der Waals surface area contributed by atoms with Crippen LogP contribution in [-0.2, 0) is 25.5 Å². The number of carbonyl (C=O) groups is 4. The second-order valence-electron chi connectivity index (χ2n) is 7.57. The van der Waals surface area contributed by atoms with E-state index in [2.05, 4.69) is 5.32 Å². The first-order valence-corrected chi connectivity index (χ1v) is 11.1. The Morgan fingerprint density at radius 3 is 2.42 bits per heavy atom. The van der Waals surface area contributed by atoms with Gasteiger partial charge in [0.05, 0.1) is 16.8 Å². The van der Waals surface area contributed by atoms with Crippen molar-refractivity contribution in [2.45, 2.75) is 32.2 Å². The van der Waals surface area contributed by atoms with Crippen molar-refractivity contribution in [3.63, 3.8) is 0 Å². The molecule has 2 heterocycles. The highest BCUT2D eigenvalue weighted by molar-refractivity contribution is 7.12. The number of ether oxygens (including phenoxy) is 1. The SMILES string of the molecule is CC(=O)C(Cc1ccccc1)NC(=O)COC(=O)C1CCN(C(=O)c2cccs2)CC1. The van der Waals surface area contributed by atoms with Crippen LogP contribution in [0.4, 0.5) is 0 Å². The number of hydrogen-bond donors (Lipinski definition) is 1. The van der Waals surface area contributed by atoms with E-state index in [9.17, 15) is 19.2 Å². The molecule has 164 valence electrons. The van der Waals surface area contributed by atoms with Gasteiger partial charge in [-0.05, 0) is 43.2 Å². The van der Waals surface area contributed by atoms with Gasteiger partial charge in [-0.1, -0.05) is 36.4 Å². The number of nitrogens with zero attached hydrogens (tertiary/aromatic N) is 1. The number of ketones is 1. The van der Waals surface area contributed by atoms with Crippen molar-refractivity contribution in [1.82, 2.24) is 10.2 Å². The molecule has 2 amide bonds. The molecule has 0 saturated carbocycles. The molecule has 1 aromatic heterocycles. The van der Waals surface area contributed by atoms with Gasteiger partial charge >= 0.3 is 5.97 Å². The van der Waals surface area contributed by atoms with Crippen LogP contribution in [-0.4, -0.2) is 54.2 Å². The first-order chi connectivity index (χ1) is 14.9. The van der Waals surface area contributed by atoms with E-state index < -0.39 is 24.5 Å². The highest BCUT2D eigenvalue weighted by Gasteiger charge is 2.29. The van der Waals surface area contributed by atoms with E-state index >= 15 is 0 Å². The maximum Gasteiger partial charge on any atom is 0.309 e. The van der Waals surface area contributed by atoms with Crippen molar-refractivity contribution in [1.29, 1.82) is 0 Å². The molecule has 0 aliphatic carbocycles. The van der Waals surface area contributed by atoms with Crippen LogP contribution in [0.2, 0.25) is 0 Å². The van der Waals surface area contributed by atoms with E-state index in [1.165, 1.54) is 18.3 Å². The van der Waals surface area contributed by atoms with E-state index in [4.69, 9.17) is 4.74 Å². The molecule has 1 saturated heterocycles. The minimum Gasteiger partial charge on any atom is -0.455 e. The summed E-state index contributed by atoms with van der Waals surface area (Å²) in [5, 5.41) is 4.50. The van der Waals surface area contributed by atoms with Gasteiger partial charge in [0.25, 0.3) is 11.8 Å². The Bertz CT molecular complexity index is 905. The smallest absolute Gasteiger partial charge is 0.309 e. The minimum absolute atomic E-state index is 0.0186. The van der Waals surface area contributed by atoms with E-state index in [1.54, 1.807) is 11.0 Å². The summed E-state index contributed by atoms with van der Waals surface area (Å²) in [7, 11) is 0. The van der Waals surface area contributed by atoms with Gasteiger partial charge < -0.3 is 15.0 Å². The highest BCUT2D eigenvalue weighted by atomic mass is 32.1. The van der Waals surface area contributed by atoms with Crippen LogP contribution in [0.25, 0.3) is 0 Å². The first kappa shape index (κ1) is 22.7. The Hall–Kier alpha value is -3.00. The van der Waals surface area contributed by atoms with E-state index in [0.717, 1.165) is 5.56 Å². The average molecular weight is 443 g/mol. The topological polar surface area (TPSA) is 92.8 Å². The molecule has 1 aliphatic rings. The summed E-state index contributed by atoms with van der Waals surface area (Å²) in [5.74, 6) is -1.47. The number of likely N-dealkylation sites (tertiary alicyclic amines) is 1. The monoisotopic (exact) mass is 442 g/mol. The van der Waals surface area contributed by atoms with Gasteiger partial charge in [-0.3, -0.25) is 19.2 Å². The molecule has 31 heavy (non-hydrogen) atoms. The molecule has 8 heteroatoms. The molecule has 1 fully saturated rings. The second kappa shape index (κ2) is 10.9. The molecule has 1 atom stereocenters. The maximum atomic E-state index is 12.4. The second-order valence-corrected chi connectivity index (χ2v) is 8.52. The average Bonchev–Trinajstić information content (AvgIpc) is 3.32. The summed E-state index contributed by atoms with van der Waals surface area (Å²) < 4.78 is 5.18. The van der Waals surface area contributed by atoms with Gasteiger partial charge in [0.15, 0.2) is 12.4 Å². The molecule has 0 spiro atoms. The molecule has 0 bridgehead atoms. The van der Waals surface area contributed by atoms with Gasteiger partial charge in [-0.25, -0.2) is 0 Å². The zero-order valence-electron chi connectivity index (χ0n) is 17.4. The van der Waals surface area contributed by atoms with Crippen molar-refractivity contribution in [3.8, 4) is 0 Å². The molecule has 1 N–H and O–H groups in total. The largest absolute Gasteiger partial charge is 0.455 e. The quantitative estimate of drug-likeness (QED) is 0.634. The van der Waals surface area contributed by atoms with Crippen molar-refractivity contribution in [2.75, 3.05) is 19.7 Å². The fraction of sp³-hybridized carbons (Fsp3) is 0.391. The Morgan fingerprint density at radius 2 is 1.81 bits per heavy atom. The lowest BCUT2D eigenvalue weighted by Crippen LogP contribution is -2.44. The lowest BCUT2D eigenvalue weighted by Gasteiger charge is -2.30. The lowest BCUT2D eigenvalue weighted by atomic mass is 9.97. The minimum atomic E-state index is -0.667. The van der Waals surface area contributed by atoms with Gasteiger partial charge in [0.2, 0.25) is 0 Å². The third-order valence-corrected chi connectivity index (χ3v) is 6.16. The lowest BCUT2D eigenvalue weighted by molar-refractivity contribution is -0.154. The number of rotatable bonds is 8. The Morgan fingerprint density at radius 1 is 1.10 bits per heavy atom. The molecule has 3 rings (SSSR count). The zero-order valence-corrected chi connectivity index (χ0v) is 18.2. The summed E-state index contributed by atoms with van der Waals surface area (Å²) in [4.78, 5) is 51.3. The fourth-order valence-corrected chi connectivity index (χ4v) is 4.20. The molecule has 7 nitrogen and oxygen atoms in total. The van der Waals surface area contributed by atoms with Crippen molar-refractivity contribution < 1.29 is 23.9 Å².